The van der Waals surface area contributed by atoms with Crippen LogP contribution in [0.4, 0.5) is 0 Å². The molecule has 0 aliphatic heterocycles. The number of carboxylic acids is 1. The molecule has 0 bridgehead atoms. The number of imidazole rings is 2. The summed E-state index contributed by atoms with van der Waals surface area (Å²) in [6.07, 6.45) is 1.36. The van der Waals surface area contributed by atoms with E-state index in [4.69, 9.17) is 4.74 Å². The Balaban J connectivity index is 2.21. The van der Waals surface area contributed by atoms with Gasteiger partial charge in [-0.05, 0) is 12.1 Å². The second-order valence-corrected chi connectivity index (χ2v) is 4.50. The molecule has 0 amide bonds. The van der Waals surface area contributed by atoms with Crippen LogP contribution in [0, 0.1) is 0 Å². The molecule has 0 unspecified atom stereocenters. The lowest BCUT2D eigenvalue weighted by atomic mass is 10.3. The highest BCUT2D eigenvalue weighted by Gasteiger charge is 2.21. The third kappa shape index (κ3) is 2.27. The van der Waals surface area contributed by atoms with E-state index in [1.807, 2.05) is 28.8 Å². The van der Waals surface area contributed by atoms with Gasteiger partial charge in [-0.2, -0.15) is 0 Å². The Bertz CT molecular complexity index is 790. The monoisotopic (exact) mass is 286 g/mol. The molecule has 2 heterocycles. The van der Waals surface area contributed by atoms with Crippen LogP contribution in [0.1, 0.15) is 10.5 Å². The molecule has 0 atom stereocenters. The van der Waals surface area contributed by atoms with E-state index in [1.54, 1.807) is 7.11 Å². The minimum Gasteiger partial charge on any atom is -0.477 e. The Labute approximate surface area is 120 Å². The SMILES string of the molecule is COCCn1c(-c2nc[nH]c2C(=O)O)nc2ccccc21. The second kappa shape index (κ2) is 5.37. The summed E-state index contributed by atoms with van der Waals surface area (Å²) in [5.41, 5.74) is 2.07. The smallest absolute Gasteiger partial charge is 0.354 e. The number of methoxy groups -OCH3 is 1. The summed E-state index contributed by atoms with van der Waals surface area (Å²) in [6.45, 7) is 1.07. The van der Waals surface area contributed by atoms with Crippen LogP contribution in [0.15, 0.2) is 30.6 Å². The summed E-state index contributed by atoms with van der Waals surface area (Å²) >= 11 is 0. The molecule has 21 heavy (non-hydrogen) atoms. The van der Waals surface area contributed by atoms with Gasteiger partial charge in [0, 0.05) is 13.7 Å². The van der Waals surface area contributed by atoms with Crippen molar-refractivity contribution in [2.75, 3.05) is 13.7 Å². The minimum atomic E-state index is -1.06. The van der Waals surface area contributed by atoms with Crippen molar-refractivity contribution >= 4 is 17.0 Å². The molecular weight excluding hydrogens is 272 g/mol. The van der Waals surface area contributed by atoms with E-state index >= 15 is 0 Å². The van der Waals surface area contributed by atoms with Crippen LogP contribution in [0.25, 0.3) is 22.6 Å². The third-order valence-corrected chi connectivity index (χ3v) is 3.24. The molecule has 108 valence electrons. The number of para-hydroxylation sites is 2. The highest BCUT2D eigenvalue weighted by Crippen LogP contribution is 2.25. The summed E-state index contributed by atoms with van der Waals surface area (Å²) in [7, 11) is 1.62. The van der Waals surface area contributed by atoms with Crippen molar-refractivity contribution in [3.05, 3.63) is 36.3 Å². The fraction of sp³-hybridized carbons (Fsp3) is 0.214. The van der Waals surface area contributed by atoms with Gasteiger partial charge in [0.05, 0.1) is 24.0 Å². The third-order valence-electron chi connectivity index (χ3n) is 3.24. The number of hydrogen-bond acceptors (Lipinski definition) is 4. The zero-order chi connectivity index (χ0) is 14.8. The maximum absolute atomic E-state index is 11.3. The fourth-order valence-electron chi connectivity index (χ4n) is 2.29. The van der Waals surface area contributed by atoms with E-state index in [9.17, 15) is 9.90 Å². The number of carboxylic acid groups (broad SMARTS) is 1. The topological polar surface area (TPSA) is 93.0 Å². The van der Waals surface area contributed by atoms with E-state index in [0.717, 1.165) is 11.0 Å². The summed E-state index contributed by atoms with van der Waals surface area (Å²) in [4.78, 5) is 22.5. The van der Waals surface area contributed by atoms with Crippen molar-refractivity contribution in [3.63, 3.8) is 0 Å². The van der Waals surface area contributed by atoms with Crippen molar-refractivity contribution in [2.24, 2.45) is 0 Å². The number of nitrogens with one attached hydrogen (secondary N) is 1. The molecule has 0 aliphatic carbocycles. The average Bonchev–Trinajstić information content (AvgIpc) is 3.09. The number of nitrogens with zero attached hydrogens (tertiary/aromatic N) is 3. The van der Waals surface area contributed by atoms with Crippen molar-refractivity contribution in [1.29, 1.82) is 0 Å². The summed E-state index contributed by atoms with van der Waals surface area (Å²) < 4.78 is 7.04. The van der Waals surface area contributed by atoms with Gasteiger partial charge in [-0.3, -0.25) is 0 Å². The predicted molar refractivity (Wildman–Crippen MR) is 76.2 cm³/mol. The molecular formula is C14H14N4O3. The first kappa shape index (κ1) is 13.3. The van der Waals surface area contributed by atoms with Crippen LogP contribution in [0.3, 0.4) is 0 Å². The lowest BCUT2D eigenvalue weighted by Gasteiger charge is -2.07. The van der Waals surface area contributed by atoms with Gasteiger partial charge in [-0.25, -0.2) is 14.8 Å². The van der Waals surface area contributed by atoms with Crippen molar-refractivity contribution in [3.8, 4) is 11.5 Å². The number of rotatable bonds is 5. The molecule has 2 N–H and O–H groups in total. The molecule has 2 aromatic heterocycles. The van der Waals surface area contributed by atoms with E-state index in [2.05, 4.69) is 15.0 Å². The maximum Gasteiger partial charge on any atom is 0.354 e. The van der Waals surface area contributed by atoms with Crippen molar-refractivity contribution in [2.45, 2.75) is 6.54 Å². The standard InChI is InChI=1S/C14H14N4O3/c1-21-7-6-18-10-5-3-2-4-9(10)17-13(18)11-12(14(19)20)16-8-15-11/h2-5,8H,6-7H2,1H3,(H,15,16)(H,19,20). The minimum absolute atomic E-state index is 0.0315. The van der Waals surface area contributed by atoms with E-state index in [0.29, 0.717) is 24.7 Å². The first-order valence-corrected chi connectivity index (χ1v) is 6.43. The molecule has 0 radical (unpaired) electrons. The molecule has 0 spiro atoms. The molecule has 7 heteroatoms. The Morgan fingerprint density at radius 3 is 3.00 bits per heavy atom. The van der Waals surface area contributed by atoms with Crippen LogP contribution in [-0.2, 0) is 11.3 Å². The summed E-state index contributed by atoms with van der Waals surface area (Å²) in [6, 6.07) is 7.63. The van der Waals surface area contributed by atoms with Crippen LogP contribution >= 0.6 is 0 Å². The van der Waals surface area contributed by atoms with Gasteiger partial charge in [0.25, 0.3) is 0 Å². The molecule has 0 aliphatic rings. The van der Waals surface area contributed by atoms with Gasteiger partial charge in [0.1, 0.15) is 5.69 Å². The first-order chi connectivity index (χ1) is 10.2. The number of carbonyl (C=O) groups is 1. The molecule has 0 saturated carbocycles. The molecule has 7 nitrogen and oxygen atoms in total. The number of hydrogen-bond donors (Lipinski definition) is 2. The predicted octanol–water partition coefficient (Wildman–Crippen LogP) is 1.77. The highest BCUT2D eigenvalue weighted by atomic mass is 16.5. The van der Waals surface area contributed by atoms with Gasteiger partial charge in [0.2, 0.25) is 0 Å². The molecule has 3 rings (SSSR count). The molecule has 3 aromatic rings. The van der Waals surface area contributed by atoms with E-state index < -0.39 is 5.97 Å². The van der Waals surface area contributed by atoms with Crippen molar-refractivity contribution < 1.29 is 14.6 Å². The largest absolute Gasteiger partial charge is 0.477 e. The van der Waals surface area contributed by atoms with Gasteiger partial charge in [0.15, 0.2) is 11.5 Å². The maximum atomic E-state index is 11.3. The Kier molecular flexibility index (Phi) is 3.41. The normalized spacial score (nSPS) is 11.1. The Morgan fingerprint density at radius 1 is 1.43 bits per heavy atom. The number of fused-ring (bicyclic) bond motifs is 1. The van der Waals surface area contributed by atoms with Gasteiger partial charge < -0.3 is 19.4 Å². The number of H-pyrrole nitrogens is 1. The van der Waals surface area contributed by atoms with E-state index in [1.165, 1.54) is 6.33 Å². The second-order valence-electron chi connectivity index (χ2n) is 4.50. The van der Waals surface area contributed by atoms with Gasteiger partial charge in [-0.15, -0.1) is 0 Å². The summed E-state index contributed by atoms with van der Waals surface area (Å²) in [5.74, 6) is -0.542. The van der Waals surface area contributed by atoms with Crippen LogP contribution in [-0.4, -0.2) is 44.3 Å². The van der Waals surface area contributed by atoms with E-state index in [-0.39, 0.29) is 5.69 Å². The number of benzene rings is 1. The fourth-order valence-corrected chi connectivity index (χ4v) is 2.29. The van der Waals surface area contributed by atoms with Crippen molar-refractivity contribution in [1.82, 2.24) is 19.5 Å². The molecule has 0 fully saturated rings. The average molecular weight is 286 g/mol. The number of aromatic amines is 1. The highest BCUT2D eigenvalue weighted by molar-refractivity contribution is 5.93. The zero-order valence-electron chi connectivity index (χ0n) is 11.4. The van der Waals surface area contributed by atoms with Crippen LogP contribution in [0.2, 0.25) is 0 Å². The van der Waals surface area contributed by atoms with Gasteiger partial charge in [-0.1, -0.05) is 12.1 Å². The Hall–Kier alpha value is -2.67. The lowest BCUT2D eigenvalue weighted by Crippen LogP contribution is -2.08. The van der Waals surface area contributed by atoms with Gasteiger partial charge >= 0.3 is 5.97 Å². The zero-order valence-corrected chi connectivity index (χ0v) is 11.4. The molecule has 0 saturated heterocycles. The first-order valence-electron chi connectivity index (χ1n) is 6.43. The quantitative estimate of drug-likeness (QED) is 0.745. The molecule has 1 aromatic carbocycles. The summed E-state index contributed by atoms with van der Waals surface area (Å²) in [5, 5.41) is 9.22. The lowest BCUT2D eigenvalue weighted by molar-refractivity contribution is 0.0692. The number of aromatic carboxylic acids is 1. The van der Waals surface area contributed by atoms with Crippen LogP contribution < -0.4 is 0 Å². The Morgan fingerprint density at radius 2 is 2.24 bits per heavy atom. The number of aromatic nitrogens is 4. The number of ether oxygens (including phenoxy) is 1. The van der Waals surface area contributed by atoms with Crippen LogP contribution in [0.5, 0.6) is 0 Å².